The number of β-amino-alcohol motifs (C(OH)–C–C–N with tert-alkyl or cyclic N) is 1. The van der Waals surface area contributed by atoms with Gasteiger partial charge in [-0.05, 0) is 49.3 Å². The van der Waals surface area contributed by atoms with Crippen LogP contribution in [0.1, 0.15) is 54.1 Å². The van der Waals surface area contributed by atoms with Gasteiger partial charge in [0.2, 0.25) is 5.91 Å². The van der Waals surface area contributed by atoms with Gasteiger partial charge < -0.3 is 20.2 Å². The quantitative estimate of drug-likeness (QED) is 0.431. The number of hydrogen-bond donors (Lipinski definition) is 2. The summed E-state index contributed by atoms with van der Waals surface area (Å²) in [6.45, 7) is 5.90. The smallest absolute Gasteiger partial charge is 0.272 e. The van der Waals surface area contributed by atoms with Crippen LogP contribution in [0.2, 0.25) is 0 Å². The van der Waals surface area contributed by atoms with Gasteiger partial charge in [-0.25, -0.2) is 0 Å². The maximum Gasteiger partial charge on any atom is 0.272 e. The van der Waals surface area contributed by atoms with Crippen molar-refractivity contribution < 1.29 is 19.6 Å². The number of amides is 2. The molecule has 2 aromatic rings. The summed E-state index contributed by atoms with van der Waals surface area (Å²) in [5.41, 5.74) is 2.47. The van der Waals surface area contributed by atoms with Crippen LogP contribution in [0.4, 0.5) is 11.4 Å². The number of anilines is 1. The van der Waals surface area contributed by atoms with Crippen molar-refractivity contribution in [1.82, 2.24) is 14.7 Å². The minimum Gasteiger partial charge on any atom is -0.388 e. The van der Waals surface area contributed by atoms with E-state index in [0.29, 0.717) is 51.3 Å². The van der Waals surface area contributed by atoms with Gasteiger partial charge in [0.15, 0.2) is 0 Å². The van der Waals surface area contributed by atoms with Crippen LogP contribution in [0.3, 0.4) is 0 Å². The molecule has 10 nitrogen and oxygen atoms in total. The third-order valence-electron chi connectivity index (χ3n) is 8.40. The van der Waals surface area contributed by atoms with E-state index in [1.165, 1.54) is 23.3 Å². The average Bonchev–Trinajstić information content (AvgIpc) is 2.93. The SMILES string of the molecule is CC(=O)N1CCC(Nc2cc(C(=O)N3CCC(O)(CN4CCc5ccccc5C4)CC3)cc([N+](=O)[O-])c2)CC1. The number of nitro groups is 1. The first-order valence-electron chi connectivity index (χ1n) is 13.8. The lowest BCUT2D eigenvalue weighted by Gasteiger charge is -2.42. The molecule has 0 radical (unpaired) electrons. The molecule has 208 valence electrons. The number of likely N-dealkylation sites (tertiary alicyclic amines) is 2. The number of carbonyl (C=O) groups excluding carboxylic acids is 2. The first kappa shape index (κ1) is 27.1. The molecule has 5 rings (SSSR count). The van der Waals surface area contributed by atoms with Crippen molar-refractivity contribution in [3.63, 3.8) is 0 Å². The first-order chi connectivity index (χ1) is 18.7. The maximum atomic E-state index is 13.4. The minimum absolute atomic E-state index is 0.0476. The number of nitro benzene ring substituents is 1. The molecule has 0 atom stereocenters. The third-order valence-corrected chi connectivity index (χ3v) is 8.40. The highest BCUT2D eigenvalue weighted by Gasteiger charge is 2.36. The second-order valence-corrected chi connectivity index (χ2v) is 11.2. The Labute approximate surface area is 228 Å². The Morgan fingerprint density at radius 1 is 1.03 bits per heavy atom. The Morgan fingerprint density at radius 3 is 2.38 bits per heavy atom. The molecule has 39 heavy (non-hydrogen) atoms. The zero-order chi connectivity index (χ0) is 27.6. The van der Waals surface area contributed by atoms with E-state index in [4.69, 9.17) is 0 Å². The maximum absolute atomic E-state index is 13.4. The number of carbonyl (C=O) groups is 2. The molecular formula is C29H37N5O5. The van der Waals surface area contributed by atoms with E-state index in [1.54, 1.807) is 22.8 Å². The fourth-order valence-corrected chi connectivity index (χ4v) is 6.07. The van der Waals surface area contributed by atoms with E-state index in [1.807, 2.05) is 6.07 Å². The predicted molar refractivity (Wildman–Crippen MR) is 148 cm³/mol. The van der Waals surface area contributed by atoms with Crippen molar-refractivity contribution >= 4 is 23.2 Å². The second kappa shape index (κ2) is 11.3. The van der Waals surface area contributed by atoms with Gasteiger partial charge >= 0.3 is 0 Å². The number of piperidine rings is 2. The van der Waals surface area contributed by atoms with Crippen LogP contribution in [0, 0.1) is 10.1 Å². The van der Waals surface area contributed by atoms with Crippen LogP contribution >= 0.6 is 0 Å². The first-order valence-corrected chi connectivity index (χ1v) is 13.8. The van der Waals surface area contributed by atoms with Crippen molar-refractivity contribution in [2.24, 2.45) is 0 Å². The molecule has 0 aliphatic carbocycles. The Hall–Kier alpha value is -3.50. The summed E-state index contributed by atoms with van der Waals surface area (Å²) in [6, 6.07) is 13.0. The average molecular weight is 536 g/mol. The summed E-state index contributed by atoms with van der Waals surface area (Å²) in [5.74, 6) is -0.214. The molecule has 0 spiro atoms. The summed E-state index contributed by atoms with van der Waals surface area (Å²) in [4.78, 5) is 42.0. The fourth-order valence-electron chi connectivity index (χ4n) is 6.07. The topological polar surface area (TPSA) is 119 Å². The molecule has 0 unspecified atom stereocenters. The van der Waals surface area contributed by atoms with Crippen LogP contribution in [0.5, 0.6) is 0 Å². The molecular weight excluding hydrogens is 498 g/mol. The number of nitrogens with zero attached hydrogens (tertiary/aromatic N) is 4. The summed E-state index contributed by atoms with van der Waals surface area (Å²) >= 11 is 0. The molecule has 2 aromatic carbocycles. The highest BCUT2D eigenvalue weighted by Crippen LogP contribution is 2.29. The van der Waals surface area contributed by atoms with E-state index >= 15 is 0 Å². The molecule has 10 heteroatoms. The molecule has 2 fully saturated rings. The third kappa shape index (κ3) is 6.39. The molecule has 2 saturated heterocycles. The standard InChI is InChI=1S/C29H37N5O5/c1-21(35)32-12-7-25(8-13-32)30-26-16-24(17-27(18-26)34(38)39)28(36)33-14-9-29(37,10-15-33)20-31-11-6-22-4-2-3-5-23(22)19-31/h2-5,16-18,25,30,37H,6-15,19-20H2,1H3. The van der Waals surface area contributed by atoms with Gasteiger partial charge in [-0.2, -0.15) is 0 Å². The number of fused-ring (bicyclic) bond motifs is 1. The van der Waals surface area contributed by atoms with Crippen LogP contribution in [0.25, 0.3) is 0 Å². The summed E-state index contributed by atoms with van der Waals surface area (Å²) in [7, 11) is 0. The number of aliphatic hydroxyl groups is 1. The summed E-state index contributed by atoms with van der Waals surface area (Å²) < 4.78 is 0. The van der Waals surface area contributed by atoms with Crippen LogP contribution in [0.15, 0.2) is 42.5 Å². The normalized spacial score (nSPS) is 19.8. The highest BCUT2D eigenvalue weighted by atomic mass is 16.6. The van der Waals surface area contributed by atoms with E-state index in [-0.39, 0.29) is 29.1 Å². The van der Waals surface area contributed by atoms with E-state index in [2.05, 4.69) is 28.4 Å². The van der Waals surface area contributed by atoms with E-state index in [0.717, 1.165) is 32.4 Å². The number of rotatable bonds is 6. The molecule has 3 aliphatic heterocycles. The molecule has 0 bridgehead atoms. The van der Waals surface area contributed by atoms with Gasteiger partial charge in [-0.15, -0.1) is 0 Å². The van der Waals surface area contributed by atoms with Crippen molar-refractivity contribution in [2.45, 2.75) is 57.2 Å². The molecule has 3 aliphatic rings. The lowest BCUT2D eigenvalue weighted by molar-refractivity contribution is -0.384. The van der Waals surface area contributed by atoms with Crippen molar-refractivity contribution in [2.75, 3.05) is 44.6 Å². The lowest BCUT2D eigenvalue weighted by Crippen LogP contribution is -2.52. The van der Waals surface area contributed by atoms with Crippen molar-refractivity contribution in [3.8, 4) is 0 Å². The van der Waals surface area contributed by atoms with Crippen LogP contribution in [-0.2, 0) is 17.8 Å². The van der Waals surface area contributed by atoms with Crippen LogP contribution < -0.4 is 5.32 Å². The number of benzene rings is 2. The minimum atomic E-state index is -0.868. The number of hydrogen-bond acceptors (Lipinski definition) is 7. The molecule has 0 saturated carbocycles. The van der Waals surface area contributed by atoms with Crippen LogP contribution in [-0.4, -0.2) is 87.5 Å². The van der Waals surface area contributed by atoms with Crippen molar-refractivity contribution in [3.05, 3.63) is 69.3 Å². The van der Waals surface area contributed by atoms with E-state index < -0.39 is 10.5 Å². The summed E-state index contributed by atoms with van der Waals surface area (Å²) in [6.07, 6.45) is 3.37. The zero-order valence-corrected chi connectivity index (χ0v) is 22.5. The Balaban J connectivity index is 1.20. The zero-order valence-electron chi connectivity index (χ0n) is 22.5. The molecule has 2 amide bonds. The number of non-ortho nitro benzene ring substituents is 1. The second-order valence-electron chi connectivity index (χ2n) is 11.2. The van der Waals surface area contributed by atoms with Gasteiger partial charge in [0.1, 0.15) is 0 Å². The lowest BCUT2D eigenvalue weighted by atomic mass is 9.89. The monoisotopic (exact) mass is 535 g/mol. The van der Waals surface area contributed by atoms with E-state index in [9.17, 15) is 24.8 Å². The largest absolute Gasteiger partial charge is 0.388 e. The highest BCUT2D eigenvalue weighted by molar-refractivity contribution is 5.96. The Kier molecular flexibility index (Phi) is 7.86. The van der Waals surface area contributed by atoms with Gasteiger partial charge in [-0.1, -0.05) is 24.3 Å². The number of nitrogens with one attached hydrogen (secondary N) is 1. The van der Waals surface area contributed by atoms with Gasteiger partial charge in [0.25, 0.3) is 11.6 Å². The van der Waals surface area contributed by atoms with Gasteiger partial charge in [-0.3, -0.25) is 24.6 Å². The predicted octanol–water partition coefficient (Wildman–Crippen LogP) is 3.04. The van der Waals surface area contributed by atoms with Gasteiger partial charge in [0.05, 0.1) is 10.5 Å². The Bertz CT molecular complexity index is 1230. The van der Waals surface area contributed by atoms with Crippen molar-refractivity contribution in [1.29, 1.82) is 0 Å². The summed E-state index contributed by atoms with van der Waals surface area (Å²) in [5, 5.41) is 26.3. The van der Waals surface area contributed by atoms with Gasteiger partial charge in [0, 0.05) is 82.2 Å². The molecule has 2 N–H and O–H groups in total. The Morgan fingerprint density at radius 2 is 1.72 bits per heavy atom. The molecule has 0 aromatic heterocycles. The fraction of sp³-hybridized carbons (Fsp3) is 0.517. The molecule has 3 heterocycles.